The van der Waals surface area contributed by atoms with E-state index in [1.165, 1.54) is 50.2 Å². The topological polar surface area (TPSA) is 42.1 Å². The molecule has 0 spiro atoms. The maximum atomic E-state index is 5.76. The quantitative estimate of drug-likeness (QED) is 0.862. The normalized spacial score (nSPS) is 21.8. The molecule has 3 rings (SSSR count). The van der Waals surface area contributed by atoms with Crippen molar-refractivity contribution >= 4 is 5.82 Å². The zero-order chi connectivity index (χ0) is 11.7. The van der Waals surface area contributed by atoms with Crippen LogP contribution >= 0.6 is 0 Å². The Morgan fingerprint density at radius 1 is 1.29 bits per heavy atom. The summed E-state index contributed by atoms with van der Waals surface area (Å²) in [5, 5.41) is 0. The number of nitrogens with zero attached hydrogens (tertiary/aromatic N) is 2. The van der Waals surface area contributed by atoms with Gasteiger partial charge in [-0.05, 0) is 44.7 Å². The van der Waals surface area contributed by atoms with E-state index in [-0.39, 0.29) is 0 Å². The average Bonchev–Trinajstić information content (AvgIpc) is 2.94. The van der Waals surface area contributed by atoms with Gasteiger partial charge in [0, 0.05) is 30.3 Å². The Labute approximate surface area is 103 Å². The van der Waals surface area contributed by atoms with Gasteiger partial charge in [0.05, 0.1) is 0 Å². The molecule has 0 atom stereocenters. The van der Waals surface area contributed by atoms with E-state index in [9.17, 15) is 0 Å². The summed E-state index contributed by atoms with van der Waals surface area (Å²) in [6, 6.07) is 4.34. The number of hydrogen-bond donors (Lipinski definition) is 1. The minimum Gasteiger partial charge on any atom is -0.356 e. The second-order valence-electron chi connectivity index (χ2n) is 5.39. The van der Waals surface area contributed by atoms with Gasteiger partial charge < -0.3 is 10.6 Å². The van der Waals surface area contributed by atoms with Crippen molar-refractivity contribution in [1.29, 1.82) is 0 Å². The van der Waals surface area contributed by atoms with E-state index >= 15 is 0 Å². The first-order chi connectivity index (χ1) is 8.36. The van der Waals surface area contributed by atoms with Crippen LogP contribution in [0.15, 0.2) is 18.3 Å². The Balaban J connectivity index is 1.93. The van der Waals surface area contributed by atoms with Crippen LogP contribution in [0, 0.1) is 0 Å². The molecule has 0 aromatic carbocycles. The molecule has 1 saturated heterocycles. The highest BCUT2D eigenvalue weighted by atomic mass is 15.2. The second kappa shape index (κ2) is 4.30. The maximum Gasteiger partial charge on any atom is 0.132 e. The van der Waals surface area contributed by atoms with Crippen LogP contribution in [0.4, 0.5) is 5.82 Å². The summed E-state index contributed by atoms with van der Waals surface area (Å²) in [4.78, 5) is 7.08. The molecule has 2 N–H and O–H groups in total. The standard InChI is InChI=1S/C14H21N3/c15-8-7-14(5-6-14)12-4-3-9-16-13(12)17-10-1-2-11-17/h3-4,9H,1-2,5-8,10-11,15H2. The second-order valence-corrected chi connectivity index (χ2v) is 5.39. The molecule has 1 aliphatic heterocycles. The first-order valence-corrected chi connectivity index (χ1v) is 6.76. The first-order valence-electron chi connectivity index (χ1n) is 6.76. The number of pyridine rings is 1. The fourth-order valence-corrected chi connectivity index (χ4v) is 3.07. The summed E-state index contributed by atoms with van der Waals surface area (Å²) >= 11 is 0. The SMILES string of the molecule is NCCC1(c2cccnc2N2CCCC2)CC1. The summed E-state index contributed by atoms with van der Waals surface area (Å²) in [5.74, 6) is 1.23. The van der Waals surface area contributed by atoms with Crippen molar-refractivity contribution in [2.45, 2.75) is 37.5 Å². The monoisotopic (exact) mass is 231 g/mol. The van der Waals surface area contributed by atoms with Gasteiger partial charge in [-0.3, -0.25) is 0 Å². The molecule has 3 heteroatoms. The van der Waals surface area contributed by atoms with E-state index in [1.54, 1.807) is 0 Å². The van der Waals surface area contributed by atoms with Crippen molar-refractivity contribution in [2.75, 3.05) is 24.5 Å². The van der Waals surface area contributed by atoms with E-state index in [0.29, 0.717) is 5.41 Å². The number of rotatable bonds is 4. The Kier molecular flexibility index (Phi) is 2.79. The third-order valence-corrected chi connectivity index (χ3v) is 4.24. The number of hydrogen-bond acceptors (Lipinski definition) is 3. The molecule has 0 bridgehead atoms. The van der Waals surface area contributed by atoms with E-state index in [4.69, 9.17) is 5.73 Å². The highest BCUT2D eigenvalue weighted by molar-refractivity contribution is 5.53. The van der Waals surface area contributed by atoms with Crippen molar-refractivity contribution in [1.82, 2.24) is 4.98 Å². The zero-order valence-corrected chi connectivity index (χ0v) is 10.4. The minimum atomic E-state index is 0.362. The Morgan fingerprint density at radius 2 is 2.06 bits per heavy atom. The van der Waals surface area contributed by atoms with E-state index in [1.807, 2.05) is 6.20 Å². The molecule has 0 unspecified atom stereocenters. The molecule has 17 heavy (non-hydrogen) atoms. The van der Waals surface area contributed by atoms with Gasteiger partial charge in [-0.2, -0.15) is 0 Å². The van der Waals surface area contributed by atoms with Crippen LogP contribution in [0.1, 0.15) is 37.7 Å². The van der Waals surface area contributed by atoms with E-state index in [2.05, 4.69) is 22.0 Å². The largest absolute Gasteiger partial charge is 0.356 e. The van der Waals surface area contributed by atoms with Crippen LogP contribution in [0.3, 0.4) is 0 Å². The van der Waals surface area contributed by atoms with Crippen LogP contribution in [-0.4, -0.2) is 24.6 Å². The molecule has 0 amide bonds. The lowest BCUT2D eigenvalue weighted by atomic mass is 9.92. The third-order valence-electron chi connectivity index (χ3n) is 4.24. The van der Waals surface area contributed by atoms with E-state index in [0.717, 1.165) is 13.0 Å². The molecule has 1 saturated carbocycles. The maximum absolute atomic E-state index is 5.76. The molecule has 2 aliphatic rings. The van der Waals surface area contributed by atoms with Gasteiger partial charge in [0.25, 0.3) is 0 Å². The first kappa shape index (κ1) is 11.0. The van der Waals surface area contributed by atoms with Gasteiger partial charge in [-0.15, -0.1) is 0 Å². The third kappa shape index (κ3) is 1.93. The predicted molar refractivity (Wildman–Crippen MR) is 70.3 cm³/mol. The molecule has 1 aliphatic carbocycles. The molecule has 0 radical (unpaired) electrons. The van der Waals surface area contributed by atoms with Crippen molar-refractivity contribution in [3.05, 3.63) is 23.9 Å². The molecular formula is C14H21N3. The summed E-state index contributed by atoms with van der Waals surface area (Å²) in [7, 11) is 0. The number of nitrogens with two attached hydrogens (primary N) is 1. The van der Waals surface area contributed by atoms with Crippen LogP contribution < -0.4 is 10.6 Å². The van der Waals surface area contributed by atoms with Crippen molar-refractivity contribution in [3.8, 4) is 0 Å². The summed E-state index contributed by atoms with van der Waals surface area (Å²) < 4.78 is 0. The molecule has 3 nitrogen and oxygen atoms in total. The Hall–Kier alpha value is -1.09. The molecule has 1 aromatic heterocycles. The minimum absolute atomic E-state index is 0.362. The van der Waals surface area contributed by atoms with Crippen molar-refractivity contribution in [3.63, 3.8) is 0 Å². The summed E-state index contributed by atoms with van der Waals surface area (Å²) in [5.41, 5.74) is 7.57. The molecule has 1 aromatic rings. The molecule has 2 fully saturated rings. The van der Waals surface area contributed by atoms with Crippen LogP contribution in [0.25, 0.3) is 0 Å². The van der Waals surface area contributed by atoms with Gasteiger partial charge in [0.1, 0.15) is 5.82 Å². The van der Waals surface area contributed by atoms with Crippen LogP contribution in [0.5, 0.6) is 0 Å². The van der Waals surface area contributed by atoms with Crippen LogP contribution in [0.2, 0.25) is 0 Å². The summed E-state index contributed by atoms with van der Waals surface area (Å²) in [6.07, 6.45) is 8.22. The summed E-state index contributed by atoms with van der Waals surface area (Å²) in [6.45, 7) is 3.12. The fourth-order valence-electron chi connectivity index (χ4n) is 3.07. The highest BCUT2D eigenvalue weighted by Crippen LogP contribution is 2.53. The van der Waals surface area contributed by atoms with Gasteiger partial charge in [0.2, 0.25) is 0 Å². The molecule has 2 heterocycles. The van der Waals surface area contributed by atoms with Crippen LogP contribution in [-0.2, 0) is 5.41 Å². The van der Waals surface area contributed by atoms with E-state index < -0.39 is 0 Å². The predicted octanol–water partition coefficient (Wildman–Crippen LogP) is 2.06. The molecular weight excluding hydrogens is 210 g/mol. The number of anilines is 1. The highest BCUT2D eigenvalue weighted by Gasteiger charge is 2.45. The lowest BCUT2D eigenvalue weighted by molar-refractivity contribution is 0.624. The lowest BCUT2D eigenvalue weighted by Gasteiger charge is -2.24. The van der Waals surface area contributed by atoms with Crippen molar-refractivity contribution < 1.29 is 0 Å². The zero-order valence-electron chi connectivity index (χ0n) is 10.4. The van der Waals surface area contributed by atoms with Gasteiger partial charge in [0.15, 0.2) is 0 Å². The smallest absolute Gasteiger partial charge is 0.132 e. The Morgan fingerprint density at radius 3 is 2.71 bits per heavy atom. The Bertz CT molecular complexity index is 392. The van der Waals surface area contributed by atoms with Gasteiger partial charge in [-0.25, -0.2) is 4.98 Å². The lowest BCUT2D eigenvalue weighted by Crippen LogP contribution is -2.24. The average molecular weight is 231 g/mol. The van der Waals surface area contributed by atoms with Crippen molar-refractivity contribution in [2.24, 2.45) is 5.73 Å². The number of aromatic nitrogens is 1. The molecule has 92 valence electrons. The fraction of sp³-hybridized carbons (Fsp3) is 0.643. The van der Waals surface area contributed by atoms with Gasteiger partial charge >= 0.3 is 0 Å². The van der Waals surface area contributed by atoms with Gasteiger partial charge in [-0.1, -0.05) is 6.07 Å².